The molecule has 0 saturated carbocycles. The number of nitrogens with zero attached hydrogens (tertiary/aromatic N) is 3. The van der Waals surface area contributed by atoms with Crippen molar-refractivity contribution in [3.63, 3.8) is 0 Å². The van der Waals surface area contributed by atoms with Crippen LogP contribution in [0.4, 0.5) is 20.0 Å². The van der Waals surface area contributed by atoms with Crippen LogP contribution in [0.1, 0.15) is 12.5 Å². The van der Waals surface area contributed by atoms with Gasteiger partial charge < -0.3 is 15.1 Å². The summed E-state index contributed by atoms with van der Waals surface area (Å²) in [5.41, 5.74) is 2.56. The van der Waals surface area contributed by atoms with Gasteiger partial charge in [0.15, 0.2) is 5.13 Å². The van der Waals surface area contributed by atoms with Gasteiger partial charge in [-0.1, -0.05) is 42.5 Å². The van der Waals surface area contributed by atoms with Crippen LogP contribution in [0.25, 0.3) is 10.2 Å². The normalized spacial score (nSPS) is 14.6. The predicted octanol–water partition coefficient (Wildman–Crippen LogP) is 4.35. The summed E-state index contributed by atoms with van der Waals surface area (Å²) in [5.74, 6) is -0.425. The van der Waals surface area contributed by atoms with Gasteiger partial charge in [0.2, 0.25) is 0 Å². The van der Waals surface area contributed by atoms with Crippen molar-refractivity contribution in [3.05, 3.63) is 53.8 Å². The molecule has 0 atom stereocenters. The first kappa shape index (κ1) is 17.7. The minimum Gasteiger partial charge on any atom is -0.345 e. The molecule has 0 unspecified atom stereocenters. The molecule has 5 nitrogen and oxygen atoms in total. The lowest BCUT2D eigenvalue weighted by atomic mass is 10.1. The highest BCUT2D eigenvalue weighted by Gasteiger charge is 2.24. The average Bonchev–Trinajstić information content (AvgIpc) is 3.14. The van der Waals surface area contributed by atoms with Crippen LogP contribution >= 0.6 is 11.3 Å². The van der Waals surface area contributed by atoms with Gasteiger partial charge in [-0.05, 0) is 30.2 Å². The Morgan fingerprint density at radius 1 is 1.15 bits per heavy atom. The van der Waals surface area contributed by atoms with Crippen molar-refractivity contribution in [3.8, 4) is 0 Å². The number of hydrogen-bond donors (Lipinski definition) is 1. The number of carbonyl (C=O) groups excluding carboxylic acids is 1. The maximum absolute atomic E-state index is 13.7. The zero-order valence-corrected chi connectivity index (χ0v) is 15.9. The van der Waals surface area contributed by atoms with Gasteiger partial charge in [-0.2, -0.15) is 0 Å². The zero-order valence-electron chi connectivity index (χ0n) is 15.1. The van der Waals surface area contributed by atoms with Crippen LogP contribution in [-0.2, 0) is 6.42 Å². The van der Waals surface area contributed by atoms with Crippen molar-refractivity contribution in [1.82, 2.24) is 9.88 Å². The molecule has 1 fully saturated rings. The number of thiazole rings is 1. The Balaban J connectivity index is 1.41. The van der Waals surface area contributed by atoms with E-state index in [0.29, 0.717) is 26.2 Å². The highest BCUT2D eigenvalue weighted by atomic mass is 32.1. The summed E-state index contributed by atoms with van der Waals surface area (Å²) in [5, 5.41) is 3.65. The van der Waals surface area contributed by atoms with Gasteiger partial charge in [0.1, 0.15) is 5.82 Å². The minimum absolute atomic E-state index is 0.211. The molecule has 1 saturated heterocycles. The Kier molecular flexibility index (Phi) is 4.94. The first-order chi connectivity index (χ1) is 13.2. The van der Waals surface area contributed by atoms with Gasteiger partial charge in [0.05, 0.1) is 15.9 Å². The maximum atomic E-state index is 13.7. The molecule has 2 heterocycles. The van der Waals surface area contributed by atoms with Gasteiger partial charge in [-0.25, -0.2) is 14.2 Å². The number of benzene rings is 2. The highest BCUT2D eigenvalue weighted by molar-refractivity contribution is 7.22. The molecule has 140 valence electrons. The number of para-hydroxylation sites is 2. The molecule has 1 aromatic heterocycles. The fourth-order valence-corrected chi connectivity index (χ4v) is 4.34. The third-order valence-electron chi connectivity index (χ3n) is 4.83. The number of nitrogens with one attached hydrogen (secondary N) is 1. The van der Waals surface area contributed by atoms with Crippen molar-refractivity contribution in [2.24, 2.45) is 0 Å². The Morgan fingerprint density at radius 3 is 2.67 bits per heavy atom. The molecule has 3 aromatic rings. The van der Waals surface area contributed by atoms with Crippen molar-refractivity contribution in [2.75, 3.05) is 36.4 Å². The standard InChI is InChI=1S/C20H21FN4OS/c1-2-14-6-5-9-17-18(14)23-20(27-17)25-12-10-24(11-13-25)19(26)22-16-8-4-3-7-15(16)21/h3-9H,2,10-13H2,1H3,(H,22,26). The van der Waals surface area contributed by atoms with Crippen LogP contribution in [0.15, 0.2) is 42.5 Å². The number of fused-ring (bicyclic) bond motifs is 1. The van der Waals surface area contributed by atoms with E-state index in [4.69, 9.17) is 4.98 Å². The number of aromatic nitrogens is 1. The van der Waals surface area contributed by atoms with Crippen molar-refractivity contribution >= 4 is 38.4 Å². The van der Waals surface area contributed by atoms with E-state index in [1.807, 2.05) is 0 Å². The molecule has 0 bridgehead atoms. The molecular formula is C20H21FN4OS. The minimum atomic E-state index is -0.425. The lowest BCUT2D eigenvalue weighted by molar-refractivity contribution is 0.208. The zero-order chi connectivity index (χ0) is 18.8. The van der Waals surface area contributed by atoms with Crippen LogP contribution in [0.2, 0.25) is 0 Å². The molecule has 1 N–H and O–H groups in total. The molecule has 7 heteroatoms. The Hall–Kier alpha value is -2.67. The van der Waals surface area contributed by atoms with E-state index in [-0.39, 0.29) is 11.7 Å². The molecule has 1 aliphatic heterocycles. The highest BCUT2D eigenvalue weighted by Crippen LogP contribution is 2.31. The third-order valence-corrected chi connectivity index (χ3v) is 5.91. The average molecular weight is 384 g/mol. The fraction of sp³-hybridized carbons (Fsp3) is 0.300. The molecule has 1 aliphatic rings. The topological polar surface area (TPSA) is 48.5 Å². The van der Waals surface area contributed by atoms with E-state index in [9.17, 15) is 9.18 Å². The van der Waals surface area contributed by atoms with Gasteiger partial charge >= 0.3 is 6.03 Å². The van der Waals surface area contributed by atoms with E-state index in [2.05, 4.69) is 35.3 Å². The van der Waals surface area contributed by atoms with E-state index in [0.717, 1.165) is 17.1 Å². The SMILES string of the molecule is CCc1cccc2sc(N3CCN(C(=O)Nc4ccccc4F)CC3)nc12. The summed E-state index contributed by atoms with van der Waals surface area (Å²) in [4.78, 5) is 21.2. The molecule has 2 aromatic carbocycles. The van der Waals surface area contributed by atoms with Crippen LogP contribution in [0.3, 0.4) is 0 Å². The fourth-order valence-electron chi connectivity index (χ4n) is 3.27. The van der Waals surface area contributed by atoms with E-state index in [1.54, 1.807) is 34.4 Å². The first-order valence-electron chi connectivity index (χ1n) is 9.09. The number of aryl methyl sites for hydroxylation is 1. The number of urea groups is 1. The number of amides is 2. The number of carbonyl (C=O) groups is 1. The van der Waals surface area contributed by atoms with Crippen molar-refractivity contribution in [2.45, 2.75) is 13.3 Å². The number of rotatable bonds is 3. The quantitative estimate of drug-likeness (QED) is 0.730. The number of hydrogen-bond acceptors (Lipinski definition) is 4. The summed E-state index contributed by atoms with van der Waals surface area (Å²) in [6.07, 6.45) is 0.963. The Bertz CT molecular complexity index is 966. The predicted molar refractivity (Wildman–Crippen MR) is 108 cm³/mol. The lowest BCUT2D eigenvalue weighted by Crippen LogP contribution is -2.50. The second-order valence-corrected chi connectivity index (χ2v) is 7.51. The van der Waals surface area contributed by atoms with E-state index in [1.165, 1.54) is 16.3 Å². The summed E-state index contributed by atoms with van der Waals surface area (Å²) < 4.78 is 14.9. The summed E-state index contributed by atoms with van der Waals surface area (Å²) in [7, 11) is 0. The molecule has 4 rings (SSSR count). The van der Waals surface area contributed by atoms with E-state index < -0.39 is 5.82 Å². The second-order valence-electron chi connectivity index (χ2n) is 6.50. The van der Waals surface area contributed by atoms with Crippen LogP contribution in [0.5, 0.6) is 0 Å². The molecular weight excluding hydrogens is 363 g/mol. The van der Waals surface area contributed by atoms with Crippen LogP contribution in [-0.4, -0.2) is 42.1 Å². The number of anilines is 2. The monoisotopic (exact) mass is 384 g/mol. The largest absolute Gasteiger partial charge is 0.345 e. The summed E-state index contributed by atoms with van der Waals surface area (Å²) >= 11 is 1.69. The van der Waals surface area contributed by atoms with Gasteiger partial charge in [0, 0.05) is 26.2 Å². The van der Waals surface area contributed by atoms with E-state index >= 15 is 0 Å². The summed E-state index contributed by atoms with van der Waals surface area (Å²) in [6.45, 7) is 4.73. The molecule has 2 amide bonds. The summed E-state index contributed by atoms with van der Waals surface area (Å²) in [6, 6.07) is 12.2. The van der Waals surface area contributed by atoms with Gasteiger partial charge in [-0.15, -0.1) is 0 Å². The van der Waals surface area contributed by atoms with Crippen LogP contribution in [0, 0.1) is 5.82 Å². The number of halogens is 1. The third kappa shape index (κ3) is 3.60. The smallest absolute Gasteiger partial charge is 0.322 e. The number of piperazine rings is 1. The maximum Gasteiger partial charge on any atom is 0.322 e. The van der Waals surface area contributed by atoms with Crippen LogP contribution < -0.4 is 10.2 Å². The second kappa shape index (κ2) is 7.52. The Labute approximate surface area is 161 Å². The molecule has 27 heavy (non-hydrogen) atoms. The lowest BCUT2D eigenvalue weighted by Gasteiger charge is -2.34. The first-order valence-corrected chi connectivity index (χ1v) is 9.91. The van der Waals surface area contributed by atoms with Gasteiger partial charge in [0.25, 0.3) is 0 Å². The van der Waals surface area contributed by atoms with Gasteiger partial charge in [-0.3, -0.25) is 0 Å². The molecule has 0 radical (unpaired) electrons. The Morgan fingerprint density at radius 2 is 1.93 bits per heavy atom. The molecule has 0 aliphatic carbocycles. The van der Waals surface area contributed by atoms with Crippen molar-refractivity contribution < 1.29 is 9.18 Å². The molecule has 0 spiro atoms. The van der Waals surface area contributed by atoms with Crippen molar-refractivity contribution in [1.29, 1.82) is 0 Å².